The summed E-state index contributed by atoms with van der Waals surface area (Å²) in [6.07, 6.45) is 8.06. The van der Waals surface area contributed by atoms with Crippen molar-refractivity contribution >= 4 is 11.7 Å². The lowest BCUT2D eigenvalue weighted by Crippen LogP contribution is -2.28. The molecule has 1 aliphatic rings. The van der Waals surface area contributed by atoms with E-state index in [1.165, 1.54) is 0 Å². The third kappa shape index (κ3) is 2.65. The van der Waals surface area contributed by atoms with Gasteiger partial charge in [0.05, 0.1) is 18.3 Å². The zero-order chi connectivity index (χ0) is 16.5. The maximum atomic E-state index is 12.6. The van der Waals surface area contributed by atoms with Gasteiger partial charge in [0.2, 0.25) is 5.78 Å². The minimum Gasteiger partial charge on any atom is -0.342 e. The molecule has 8 heteroatoms. The SMILES string of the molecule is CC[C@H](NC(=O)c1cn2c(n1)CNCC2)c1cn2cccnc2n1. The number of hydrogen-bond acceptors (Lipinski definition) is 5. The van der Waals surface area contributed by atoms with Crippen LogP contribution in [0.3, 0.4) is 0 Å². The molecule has 0 saturated carbocycles. The summed E-state index contributed by atoms with van der Waals surface area (Å²) in [5, 5.41) is 6.28. The molecule has 0 spiro atoms. The molecule has 1 atom stereocenters. The Bertz CT molecular complexity index is 825. The molecule has 8 nitrogen and oxygen atoms in total. The normalized spacial score (nSPS) is 15.2. The summed E-state index contributed by atoms with van der Waals surface area (Å²) >= 11 is 0. The molecule has 0 aliphatic carbocycles. The Morgan fingerprint density at radius 2 is 2.33 bits per heavy atom. The molecule has 0 aromatic carbocycles. The van der Waals surface area contributed by atoms with E-state index in [9.17, 15) is 4.79 Å². The first-order valence-corrected chi connectivity index (χ1v) is 8.12. The van der Waals surface area contributed by atoms with Crippen molar-refractivity contribution in [2.45, 2.75) is 32.5 Å². The van der Waals surface area contributed by atoms with Crippen molar-refractivity contribution in [1.29, 1.82) is 0 Å². The number of carbonyl (C=O) groups excluding carboxylic acids is 1. The van der Waals surface area contributed by atoms with Crippen LogP contribution < -0.4 is 10.6 Å². The lowest BCUT2D eigenvalue weighted by molar-refractivity contribution is 0.0930. The van der Waals surface area contributed by atoms with Crippen LogP contribution >= 0.6 is 0 Å². The minimum absolute atomic E-state index is 0.170. The molecule has 0 saturated heterocycles. The van der Waals surface area contributed by atoms with E-state index < -0.39 is 0 Å². The van der Waals surface area contributed by atoms with Crippen LogP contribution in [0.25, 0.3) is 5.78 Å². The molecule has 0 fully saturated rings. The Labute approximate surface area is 138 Å². The molecule has 3 aromatic rings. The largest absolute Gasteiger partial charge is 0.342 e. The number of rotatable bonds is 4. The second-order valence-corrected chi connectivity index (χ2v) is 5.84. The van der Waals surface area contributed by atoms with Crippen LogP contribution in [0.15, 0.2) is 30.9 Å². The van der Waals surface area contributed by atoms with E-state index in [1.54, 1.807) is 6.20 Å². The maximum Gasteiger partial charge on any atom is 0.272 e. The van der Waals surface area contributed by atoms with Crippen molar-refractivity contribution in [2.24, 2.45) is 0 Å². The Balaban J connectivity index is 1.55. The Morgan fingerprint density at radius 3 is 3.12 bits per heavy atom. The summed E-state index contributed by atoms with van der Waals surface area (Å²) in [6.45, 7) is 4.45. The van der Waals surface area contributed by atoms with Gasteiger partial charge in [0.15, 0.2) is 0 Å². The maximum absolute atomic E-state index is 12.6. The highest BCUT2D eigenvalue weighted by atomic mass is 16.2. The zero-order valence-electron chi connectivity index (χ0n) is 13.4. The van der Waals surface area contributed by atoms with Gasteiger partial charge < -0.3 is 15.2 Å². The number of aromatic nitrogens is 5. The molecule has 124 valence electrons. The Morgan fingerprint density at radius 1 is 1.42 bits per heavy atom. The van der Waals surface area contributed by atoms with E-state index in [-0.39, 0.29) is 11.9 Å². The lowest BCUT2D eigenvalue weighted by atomic mass is 10.1. The quantitative estimate of drug-likeness (QED) is 0.744. The molecule has 0 radical (unpaired) electrons. The predicted octanol–water partition coefficient (Wildman–Crippen LogP) is 0.910. The van der Waals surface area contributed by atoms with Gasteiger partial charge in [0.1, 0.15) is 11.5 Å². The Kier molecular flexibility index (Phi) is 3.73. The van der Waals surface area contributed by atoms with Crippen LogP contribution in [-0.4, -0.2) is 36.4 Å². The fraction of sp³-hybridized carbons (Fsp3) is 0.375. The van der Waals surface area contributed by atoms with Gasteiger partial charge in [-0.15, -0.1) is 0 Å². The number of fused-ring (bicyclic) bond motifs is 2. The predicted molar refractivity (Wildman–Crippen MR) is 87.4 cm³/mol. The van der Waals surface area contributed by atoms with E-state index in [4.69, 9.17) is 0 Å². The molecule has 0 bridgehead atoms. The highest BCUT2D eigenvalue weighted by Gasteiger charge is 2.21. The van der Waals surface area contributed by atoms with Gasteiger partial charge >= 0.3 is 0 Å². The molecule has 3 aromatic heterocycles. The van der Waals surface area contributed by atoms with Crippen molar-refractivity contribution in [3.8, 4) is 0 Å². The highest BCUT2D eigenvalue weighted by Crippen LogP contribution is 2.17. The fourth-order valence-corrected chi connectivity index (χ4v) is 2.93. The summed E-state index contributed by atoms with van der Waals surface area (Å²) in [5.74, 6) is 1.36. The van der Waals surface area contributed by atoms with Crippen molar-refractivity contribution in [3.63, 3.8) is 0 Å². The topological polar surface area (TPSA) is 89.1 Å². The summed E-state index contributed by atoms with van der Waals surface area (Å²) in [6, 6.07) is 1.68. The smallest absolute Gasteiger partial charge is 0.272 e. The summed E-state index contributed by atoms with van der Waals surface area (Å²) in [5.41, 5.74) is 1.25. The average Bonchev–Trinajstić information content (AvgIpc) is 3.23. The van der Waals surface area contributed by atoms with E-state index in [0.29, 0.717) is 18.0 Å². The van der Waals surface area contributed by atoms with Crippen molar-refractivity contribution in [3.05, 3.63) is 48.1 Å². The number of nitrogens with one attached hydrogen (secondary N) is 2. The minimum atomic E-state index is -0.172. The van der Waals surface area contributed by atoms with Gasteiger partial charge in [-0.3, -0.25) is 9.20 Å². The molecule has 1 amide bonds. The van der Waals surface area contributed by atoms with Crippen LogP contribution in [-0.2, 0) is 13.1 Å². The van der Waals surface area contributed by atoms with Crippen molar-refractivity contribution < 1.29 is 4.79 Å². The number of imidazole rings is 2. The third-order valence-corrected chi connectivity index (χ3v) is 4.23. The molecule has 1 aliphatic heterocycles. The van der Waals surface area contributed by atoms with Crippen LogP contribution in [0.5, 0.6) is 0 Å². The molecule has 4 rings (SSSR count). The van der Waals surface area contributed by atoms with E-state index in [1.807, 2.05) is 40.5 Å². The number of carbonyl (C=O) groups is 1. The van der Waals surface area contributed by atoms with E-state index in [0.717, 1.165) is 31.0 Å². The van der Waals surface area contributed by atoms with Gasteiger partial charge in [-0.05, 0) is 12.5 Å². The molecular formula is C16H19N7O. The summed E-state index contributed by atoms with van der Waals surface area (Å²) in [4.78, 5) is 25.7. The first-order chi connectivity index (χ1) is 11.7. The zero-order valence-corrected chi connectivity index (χ0v) is 13.4. The molecule has 2 N–H and O–H groups in total. The van der Waals surface area contributed by atoms with Gasteiger partial charge in [-0.25, -0.2) is 15.0 Å². The second-order valence-electron chi connectivity index (χ2n) is 5.84. The van der Waals surface area contributed by atoms with E-state index in [2.05, 4.69) is 25.6 Å². The average molecular weight is 325 g/mol. The van der Waals surface area contributed by atoms with E-state index >= 15 is 0 Å². The standard InChI is InChI=1S/C16H19N7O/c1-2-11(12-9-23-6-3-4-18-16(23)21-12)20-15(24)13-10-22-7-5-17-8-14(22)19-13/h3-4,6,9-11,17H,2,5,7-8H2,1H3,(H,20,24)/t11-/m0/s1. The van der Waals surface area contributed by atoms with Gasteiger partial charge in [-0.2, -0.15) is 0 Å². The molecular weight excluding hydrogens is 306 g/mol. The highest BCUT2D eigenvalue weighted by molar-refractivity contribution is 5.92. The first-order valence-electron chi connectivity index (χ1n) is 8.12. The molecule has 0 unspecified atom stereocenters. The van der Waals surface area contributed by atoms with Crippen LogP contribution in [0, 0.1) is 0 Å². The van der Waals surface area contributed by atoms with Crippen molar-refractivity contribution in [1.82, 2.24) is 34.6 Å². The molecule has 4 heterocycles. The van der Waals surface area contributed by atoms with Crippen LogP contribution in [0.1, 0.15) is 41.4 Å². The van der Waals surface area contributed by atoms with Gasteiger partial charge in [0, 0.05) is 37.9 Å². The van der Waals surface area contributed by atoms with Crippen LogP contribution in [0.2, 0.25) is 0 Å². The third-order valence-electron chi connectivity index (χ3n) is 4.23. The fourth-order valence-electron chi connectivity index (χ4n) is 2.93. The number of amides is 1. The number of nitrogens with zero attached hydrogens (tertiary/aromatic N) is 5. The molecule has 24 heavy (non-hydrogen) atoms. The second kappa shape index (κ2) is 6.04. The Hall–Kier alpha value is -2.74. The summed E-state index contributed by atoms with van der Waals surface area (Å²) < 4.78 is 3.88. The van der Waals surface area contributed by atoms with Gasteiger partial charge in [0.25, 0.3) is 5.91 Å². The number of hydrogen-bond donors (Lipinski definition) is 2. The van der Waals surface area contributed by atoms with Crippen LogP contribution in [0.4, 0.5) is 0 Å². The van der Waals surface area contributed by atoms with Gasteiger partial charge in [-0.1, -0.05) is 6.92 Å². The first kappa shape index (κ1) is 14.8. The monoisotopic (exact) mass is 325 g/mol. The lowest BCUT2D eigenvalue weighted by Gasteiger charge is -2.13. The van der Waals surface area contributed by atoms with Crippen molar-refractivity contribution in [2.75, 3.05) is 6.54 Å². The summed E-state index contributed by atoms with van der Waals surface area (Å²) in [7, 11) is 0.